The van der Waals surface area contributed by atoms with E-state index in [1.54, 1.807) is 12.1 Å². The van der Waals surface area contributed by atoms with Gasteiger partial charge in [0.2, 0.25) is 0 Å². The molecule has 0 aromatic heterocycles. The molecule has 3 heteroatoms. The van der Waals surface area contributed by atoms with Crippen LogP contribution in [0.15, 0.2) is 22.7 Å². The highest BCUT2D eigenvalue weighted by Crippen LogP contribution is 2.21. The largest absolute Gasteiger partial charge is 0.507 e. The molecular formula is C9H7BrOS. The highest BCUT2D eigenvalue weighted by Gasteiger charge is 1.96. The Bertz CT molecular complexity index is 338. The van der Waals surface area contributed by atoms with E-state index in [2.05, 4.69) is 40.4 Å². The summed E-state index contributed by atoms with van der Waals surface area (Å²) in [6.07, 6.45) is 0. The van der Waals surface area contributed by atoms with E-state index in [1.165, 1.54) is 0 Å². The summed E-state index contributed by atoms with van der Waals surface area (Å²) in [7, 11) is 0. The molecule has 0 fully saturated rings. The lowest BCUT2D eigenvalue weighted by atomic mass is 10.2. The third-order valence-corrected chi connectivity index (χ3v) is 1.91. The second kappa shape index (κ2) is 4.44. The van der Waals surface area contributed by atoms with Crippen LogP contribution >= 0.6 is 28.6 Å². The molecule has 0 aliphatic rings. The summed E-state index contributed by atoms with van der Waals surface area (Å²) in [5, 5.41) is 9.36. The van der Waals surface area contributed by atoms with Gasteiger partial charge in [-0.25, -0.2) is 0 Å². The summed E-state index contributed by atoms with van der Waals surface area (Å²) in [4.78, 5) is 0. The molecule has 0 amide bonds. The summed E-state index contributed by atoms with van der Waals surface area (Å²) in [5.41, 5.74) is 0.632. The van der Waals surface area contributed by atoms with Crippen molar-refractivity contribution in [1.29, 1.82) is 0 Å². The van der Waals surface area contributed by atoms with E-state index in [0.29, 0.717) is 11.3 Å². The van der Waals surface area contributed by atoms with Crippen LogP contribution in [0, 0.1) is 11.8 Å². The molecule has 1 aromatic carbocycles. The second-order valence-corrected chi connectivity index (χ2v) is 3.35. The van der Waals surface area contributed by atoms with Crippen LogP contribution in [-0.2, 0) is 0 Å². The molecule has 0 bridgehead atoms. The normalized spacial score (nSPS) is 8.83. The molecule has 0 radical (unpaired) electrons. The first-order chi connectivity index (χ1) is 5.74. The fourth-order valence-corrected chi connectivity index (χ4v) is 1.17. The van der Waals surface area contributed by atoms with Gasteiger partial charge in [-0.15, -0.1) is 0 Å². The zero-order valence-electron chi connectivity index (χ0n) is 6.21. The van der Waals surface area contributed by atoms with Gasteiger partial charge in [0.05, 0.1) is 11.3 Å². The molecule has 1 aromatic rings. The Kier molecular flexibility index (Phi) is 3.51. The lowest BCUT2D eigenvalue weighted by molar-refractivity contribution is 0.473. The lowest BCUT2D eigenvalue weighted by Crippen LogP contribution is -1.76. The second-order valence-electron chi connectivity index (χ2n) is 2.12. The minimum Gasteiger partial charge on any atom is -0.507 e. The molecule has 0 saturated carbocycles. The third-order valence-electron chi connectivity index (χ3n) is 1.26. The molecule has 62 valence electrons. The average Bonchev–Trinajstić information content (AvgIpc) is 2.03. The number of aromatic hydroxyl groups is 1. The molecule has 0 unspecified atom stereocenters. The van der Waals surface area contributed by atoms with Gasteiger partial charge in [0.1, 0.15) is 5.75 Å². The minimum absolute atomic E-state index is 0.193. The van der Waals surface area contributed by atoms with E-state index in [4.69, 9.17) is 0 Å². The Morgan fingerprint density at radius 2 is 2.25 bits per heavy atom. The molecule has 0 heterocycles. The van der Waals surface area contributed by atoms with Crippen LogP contribution in [0.4, 0.5) is 0 Å². The Hall–Kier alpha value is -0.590. The van der Waals surface area contributed by atoms with E-state index < -0.39 is 0 Å². The predicted molar refractivity (Wildman–Crippen MR) is 56.5 cm³/mol. The summed E-state index contributed by atoms with van der Waals surface area (Å²) >= 11 is 7.18. The monoisotopic (exact) mass is 242 g/mol. The van der Waals surface area contributed by atoms with Gasteiger partial charge in [-0.05, 0) is 18.2 Å². The van der Waals surface area contributed by atoms with Gasteiger partial charge in [-0.1, -0.05) is 27.8 Å². The third kappa shape index (κ3) is 2.47. The molecule has 0 spiro atoms. The molecular weight excluding hydrogens is 236 g/mol. The van der Waals surface area contributed by atoms with Gasteiger partial charge in [0.15, 0.2) is 0 Å². The van der Waals surface area contributed by atoms with Crippen LogP contribution in [0.3, 0.4) is 0 Å². The number of rotatable bonds is 0. The molecule has 0 aliphatic carbocycles. The molecule has 1 rings (SSSR count). The van der Waals surface area contributed by atoms with Crippen molar-refractivity contribution in [3.05, 3.63) is 28.2 Å². The van der Waals surface area contributed by atoms with Crippen molar-refractivity contribution < 1.29 is 5.11 Å². The van der Waals surface area contributed by atoms with Crippen molar-refractivity contribution in [2.75, 3.05) is 5.75 Å². The predicted octanol–water partition coefficient (Wildman–Crippen LogP) is 2.44. The highest BCUT2D eigenvalue weighted by molar-refractivity contribution is 9.10. The van der Waals surface area contributed by atoms with E-state index in [1.807, 2.05) is 6.07 Å². The van der Waals surface area contributed by atoms with Crippen molar-refractivity contribution >= 4 is 28.6 Å². The van der Waals surface area contributed by atoms with Gasteiger partial charge in [-0.2, -0.15) is 12.6 Å². The number of hydrogen-bond acceptors (Lipinski definition) is 2. The van der Waals surface area contributed by atoms with Crippen molar-refractivity contribution in [2.24, 2.45) is 0 Å². The maximum Gasteiger partial charge on any atom is 0.132 e. The molecule has 1 N–H and O–H groups in total. The zero-order chi connectivity index (χ0) is 8.97. The topological polar surface area (TPSA) is 20.2 Å². The molecule has 12 heavy (non-hydrogen) atoms. The van der Waals surface area contributed by atoms with Gasteiger partial charge < -0.3 is 5.11 Å². The number of phenols is 1. The van der Waals surface area contributed by atoms with Crippen molar-refractivity contribution in [3.8, 4) is 17.6 Å². The SMILES string of the molecule is Oc1cc(Br)ccc1C#CCS. The number of halogens is 1. The van der Waals surface area contributed by atoms with Gasteiger partial charge in [0.25, 0.3) is 0 Å². The van der Waals surface area contributed by atoms with Gasteiger partial charge in [0, 0.05) is 4.47 Å². The van der Waals surface area contributed by atoms with Crippen LogP contribution < -0.4 is 0 Å². The number of thiol groups is 1. The van der Waals surface area contributed by atoms with Crippen LogP contribution in [0.1, 0.15) is 5.56 Å². The standard InChI is InChI=1S/C9H7BrOS/c10-8-4-3-7(2-1-5-12)9(11)6-8/h3-4,6,11-12H,5H2. The Balaban J connectivity index is 3.01. The molecule has 1 nitrogen and oxygen atoms in total. The Morgan fingerprint density at radius 1 is 1.50 bits per heavy atom. The smallest absolute Gasteiger partial charge is 0.132 e. The van der Waals surface area contributed by atoms with E-state index in [0.717, 1.165) is 4.47 Å². The first-order valence-corrected chi connectivity index (χ1v) is 4.75. The maximum absolute atomic E-state index is 9.36. The summed E-state index contributed by atoms with van der Waals surface area (Å²) in [6, 6.07) is 5.21. The minimum atomic E-state index is 0.193. The lowest BCUT2D eigenvalue weighted by Gasteiger charge is -1.96. The molecule has 0 saturated heterocycles. The van der Waals surface area contributed by atoms with Crippen molar-refractivity contribution in [3.63, 3.8) is 0 Å². The summed E-state index contributed by atoms with van der Waals surface area (Å²) in [6.45, 7) is 0. The number of benzene rings is 1. The molecule has 0 atom stereocenters. The van der Waals surface area contributed by atoms with Crippen LogP contribution in [0.5, 0.6) is 5.75 Å². The number of phenolic OH excluding ortho intramolecular Hbond substituents is 1. The fourth-order valence-electron chi connectivity index (χ4n) is 0.745. The van der Waals surface area contributed by atoms with E-state index >= 15 is 0 Å². The van der Waals surface area contributed by atoms with Crippen LogP contribution in [0.25, 0.3) is 0 Å². The number of hydrogen-bond donors (Lipinski definition) is 2. The fraction of sp³-hybridized carbons (Fsp3) is 0.111. The van der Waals surface area contributed by atoms with Crippen molar-refractivity contribution in [1.82, 2.24) is 0 Å². The Labute approximate surface area is 85.3 Å². The quantitative estimate of drug-likeness (QED) is 0.529. The van der Waals surface area contributed by atoms with Gasteiger partial charge >= 0.3 is 0 Å². The summed E-state index contributed by atoms with van der Waals surface area (Å²) in [5.74, 6) is 6.25. The first-order valence-electron chi connectivity index (χ1n) is 3.32. The van der Waals surface area contributed by atoms with E-state index in [9.17, 15) is 5.11 Å². The van der Waals surface area contributed by atoms with Crippen molar-refractivity contribution in [2.45, 2.75) is 0 Å². The Morgan fingerprint density at radius 3 is 2.83 bits per heavy atom. The summed E-state index contributed by atoms with van der Waals surface area (Å²) < 4.78 is 0.844. The maximum atomic E-state index is 9.36. The van der Waals surface area contributed by atoms with E-state index in [-0.39, 0.29) is 5.75 Å². The zero-order valence-corrected chi connectivity index (χ0v) is 8.69. The van der Waals surface area contributed by atoms with Crippen LogP contribution in [0.2, 0.25) is 0 Å². The molecule has 0 aliphatic heterocycles. The first kappa shape index (κ1) is 9.50. The average molecular weight is 243 g/mol. The van der Waals surface area contributed by atoms with Gasteiger partial charge in [-0.3, -0.25) is 0 Å². The highest BCUT2D eigenvalue weighted by atomic mass is 79.9. The van der Waals surface area contributed by atoms with Crippen LogP contribution in [-0.4, -0.2) is 10.9 Å².